The molecular formula is C17H31N3O4. The summed E-state index contributed by atoms with van der Waals surface area (Å²) in [5, 5.41) is 14.8. The van der Waals surface area contributed by atoms with Crippen LogP contribution >= 0.6 is 0 Å². The van der Waals surface area contributed by atoms with Crippen LogP contribution in [0.15, 0.2) is 0 Å². The van der Waals surface area contributed by atoms with Gasteiger partial charge in [0, 0.05) is 25.2 Å². The molecule has 2 amide bonds. The van der Waals surface area contributed by atoms with E-state index in [4.69, 9.17) is 9.84 Å². The smallest absolute Gasteiger partial charge is 0.317 e. The van der Waals surface area contributed by atoms with Crippen molar-refractivity contribution in [1.29, 1.82) is 0 Å². The SMILES string of the molecule is CCN(CC(=O)O)C1CC(NC(=O)NCCC2CCOC(C)C2)C1. The van der Waals surface area contributed by atoms with Crippen LogP contribution in [0, 0.1) is 5.92 Å². The Kier molecular flexibility index (Phi) is 7.30. The van der Waals surface area contributed by atoms with Gasteiger partial charge in [-0.15, -0.1) is 0 Å². The maximum Gasteiger partial charge on any atom is 0.317 e. The number of nitrogens with one attached hydrogen (secondary N) is 2. The van der Waals surface area contributed by atoms with E-state index >= 15 is 0 Å². The highest BCUT2D eigenvalue weighted by molar-refractivity contribution is 5.74. The van der Waals surface area contributed by atoms with Crippen molar-refractivity contribution in [2.75, 3.05) is 26.2 Å². The number of ether oxygens (including phenoxy) is 1. The van der Waals surface area contributed by atoms with Crippen molar-refractivity contribution in [3.63, 3.8) is 0 Å². The molecule has 2 fully saturated rings. The number of carboxylic acids is 1. The Labute approximate surface area is 144 Å². The molecular weight excluding hydrogens is 310 g/mol. The number of carbonyl (C=O) groups is 2. The average molecular weight is 341 g/mol. The molecule has 0 aromatic heterocycles. The molecule has 0 spiro atoms. The molecule has 138 valence electrons. The third-order valence-corrected chi connectivity index (χ3v) is 5.14. The zero-order valence-corrected chi connectivity index (χ0v) is 14.8. The van der Waals surface area contributed by atoms with Gasteiger partial charge in [-0.3, -0.25) is 9.69 Å². The van der Waals surface area contributed by atoms with Gasteiger partial charge in [0.15, 0.2) is 0 Å². The van der Waals surface area contributed by atoms with E-state index in [1.807, 2.05) is 11.8 Å². The number of likely N-dealkylation sites (N-methyl/N-ethyl adjacent to an activating group) is 1. The van der Waals surface area contributed by atoms with Crippen molar-refractivity contribution in [3.8, 4) is 0 Å². The van der Waals surface area contributed by atoms with E-state index in [0.29, 0.717) is 18.6 Å². The summed E-state index contributed by atoms with van der Waals surface area (Å²) in [6.45, 7) is 6.38. The highest BCUT2D eigenvalue weighted by Gasteiger charge is 2.34. The topological polar surface area (TPSA) is 90.9 Å². The number of amides is 2. The number of carbonyl (C=O) groups excluding carboxylic acids is 1. The van der Waals surface area contributed by atoms with Gasteiger partial charge < -0.3 is 20.5 Å². The summed E-state index contributed by atoms with van der Waals surface area (Å²) in [5.74, 6) is -0.162. The molecule has 0 aromatic carbocycles. The van der Waals surface area contributed by atoms with Gasteiger partial charge >= 0.3 is 12.0 Å². The Morgan fingerprint density at radius 1 is 1.29 bits per heavy atom. The summed E-state index contributed by atoms with van der Waals surface area (Å²) in [7, 11) is 0. The fraction of sp³-hybridized carbons (Fsp3) is 0.882. The van der Waals surface area contributed by atoms with Gasteiger partial charge in [-0.2, -0.15) is 0 Å². The molecule has 3 N–H and O–H groups in total. The molecule has 1 saturated heterocycles. The number of nitrogens with zero attached hydrogens (tertiary/aromatic N) is 1. The van der Waals surface area contributed by atoms with E-state index in [-0.39, 0.29) is 24.7 Å². The molecule has 0 aromatic rings. The van der Waals surface area contributed by atoms with Crippen LogP contribution in [0.2, 0.25) is 0 Å². The summed E-state index contributed by atoms with van der Waals surface area (Å²) in [6, 6.07) is 0.306. The first-order valence-electron chi connectivity index (χ1n) is 9.09. The first kappa shape index (κ1) is 19.0. The van der Waals surface area contributed by atoms with E-state index in [9.17, 15) is 9.59 Å². The highest BCUT2D eigenvalue weighted by atomic mass is 16.5. The van der Waals surface area contributed by atoms with Gasteiger partial charge in [0.05, 0.1) is 12.6 Å². The molecule has 2 atom stereocenters. The third-order valence-electron chi connectivity index (χ3n) is 5.14. The molecule has 24 heavy (non-hydrogen) atoms. The molecule has 1 heterocycles. The van der Waals surface area contributed by atoms with Gasteiger partial charge in [-0.05, 0) is 51.5 Å². The summed E-state index contributed by atoms with van der Waals surface area (Å²) in [5.41, 5.74) is 0. The van der Waals surface area contributed by atoms with Crippen LogP contribution in [0.3, 0.4) is 0 Å². The van der Waals surface area contributed by atoms with Crippen LogP contribution in [0.4, 0.5) is 4.79 Å². The largest absolute Gasteiger partial charge is 0.480 e. The van der Waals surface area contributed by atoms with Crippen LogP contribution in [0.5, 0.6) is 0 Å². The van der Waals surface area contributed by atoms with Gasteiger partial charge in [-0.25, -0.2) is 4.79 Å². The van der Waals surface area contributed by atoms with Crippen LogP contribution in [0.1, 0.15) is 46.0 Å². The van der Waals surface area contributed by atoms with E-state index < -0.39 is 5.97 Å². The number of rotatable bonds is 8. The fourth-order valence-electron chi connectivity index (χ4n) is 3.66. The van der Waals surface area contributed by atoms with Gasteiger partial charge in [0.1, 0.15) is 0 Å². The molecule has 2 aliphatic rings. The minimum atomic E-state index is -0.798. The number of aliphatic carboxylic acids is 1. The van der Waals surface area contributed by atoms with E-state index in [2.05, 4.69) is 17.6 Å². The van der Waals surface area contributed by atoms with Gasteiger partial charge in [0.25, 0.3) is 0 Å². The predicted octanol–water partition coefficient (Wildman–Crippen LogP) is 1.43. The van der Waals surface area contributed by atoms with Gasteiger partial charge in [0.2, 0.25) is 0 Å². The molecule has 0 radical (unpaired) electrons. The molecule has 7 nitrogen and oxygen atoms in total. The summed E-state index contributed by atoms with van der Waals surface area (Å²) >= 11 is 0. The summed E-state index contributed by atoms with van der Waals surface area (Å²) in [6.07, 6.45) is 5.13. The highest BCUT2D eigenvalue weighted by Crippen LogP contribution is 2.25. The Balaban J connectivity index is 1.56. The number of urea groups is 1. The normalized spacial score (nSPS) is 29.8. The Morgan fingerprint density at radius 3 is 2.67 bits per heavy atom. The first-order valence-corrected chi connectivity index (χ1v) is 9.09. The minimum Gasteiger partial charge on any atom is -0.480 e. The number of carboxylic acid groups (broad SMARTS) is 1. The summed E-state index contributed by atoms with van der Waals surface area (Å²) < 4.78 is 5.53. The van der Waals surface area contributed by atoms with Gasteiger partial charge in [-0.1, -0.05) is 6.92 Å². The lowest BCUT2D eigenvalue weighted by Crippen LogP contribution is -2.56. The second kappa shape index (κ2) is 9.22. The van der Waals surface area contributed by atoms with Crippen molar-refractivity contribution in [2.24, 2.45) is 5.92 Å². The zero-order valence-electron chi connectivity index (χ0n) is 14.8. The van der Waals surface area contributed by atoms with Crippen molar-refractivity contribution in [3.05, 3.63) is 0 Å². The lowest BCUT2D eigenvalue weighted by molar-refractivity contribution is -0.139. The maximum absolute atomic E-state index is 11.9. The van der Waals surface area contributed by atoms with Crippen LogP contribution in [0.25, 0.3) is 0 Å². The standard InChI is InChI=1S/C17H31N3O4/c1-3-20(11-16(21)22)15-9-14(10-15)19-17(23)18-6-4-13-5-7-24-12(2)8-13/h12-15H,3-11H2,1-2H3,(H,21,22)(H2,18,19,23). The van der Waals surface area contributed by atoms with Crippen LogP contribution in [-0.4, -0.2) is 66.4 Å². The van der Waals surface area contributed by atoms with E-state index in [1.165, 1.54) is 0 Å². The Hall–Kier alpha value is -1.34. The quantitative estimate of drug-likeness (QED) is 0.621. The molecule has 2 unspecified atom stereocenters. The lowest BCUT2D eigenvalue weighted by Gasteiger charge is -2.42. The Morgan fingerprint density at radius 2 is 2.04 bits per heavy atom. The van der Waals surface area contributed by atoms with Crippen molar-refractivity contribution in [2.45, 2.75) is 64.1 Å². The van der Waals surface area contributed by atoms with Crippen LogP contribution < -0.4 is 10.6 Å². The molecule has 1 aliphatic heterocycles. The molecule has 2 rings (SSSR count). The van der Waals surface area contributed by atoms with E-state index in [1.54, 1.807) is 0 Å². The number of hydrogen-bond acceptors (Lipinski definition) is 4. The Bertz CT molecular complexity index is 426. The number of hydrogen-bond donors (Lipinski definition) is 3. The van der Waals surface area contributed by atoms with Crippen molar-refractivity contribution in [1.82, 2.24) is 15.5 Å². The first-order chi connectivity index (χ1) is 11.5. The van der Waals surface area contributed by atoms with Crippen molar-refractivity contribution < 1.29 is 19.4 Å². The minimum absolute atomic E-state index is 0.0730. The van der Waals surface area contributed by atoms with Crippen LogP contribution in [-0.2, 0) is 9.53 Å². The molecule has 1 aliphatic carbocycles. The second-order valence-electron chi connectivity index (χ2n) is 7.04. The molecule has 7 heteroatoms. The molecule has 1 saturated carbocycles. The monoisotopic (exact) mass is 341 g/mol. The third kappa shape index (κ3) is 5.94. The predicted molar refractivity (Wildman–Crippen MR) is 91.0 cm³/mol. The zero-order chi connectivity index (χ0) is 17.5. The summed E-state index contributed by atoms with van der Waals surface area (Å²) in [4.78, 5) is 24.7. The van der Waals surface area contributed by atoms with Crippen molar-refractivity contribution >= 4 is 12.0 Å². The molecule has 0 bridgehead atoms. The van der Waals surface area contributed by atoms with E-state index in [0.717, 1.165) is 45.3 Å². The lowest BCUT2D eigenvalue weighted by atomic mass is 9.85. The average Bonchev–Trinajstić information content (AvgIpc) is 2.48. The maximum atomic E-state index is 11.9. The fourth-order valence-corrected chi connectivity index (χ4v) is 3.66. The second-order valence-corrected chi connectivity index (χ2v) is 7.04.